The smallest absolute Gasteiger partial charge is 0.310 e. The van der Waals surface area contributed by atoms with Crippen LogP contribution < -0.4 is 4.74 Å². The van der Waals surface area contributed by atoms with E-state index in [1.54, 1.807) is 7.11 Å². The van der Waals surface area contributed by atoms with Crippen LogP contribution in [-0.4, -0.2) is 44.2 Å². The molecule has 27 heavy (non-hydrogen) atoms. The van der Waals surface area contributed by atoms with Crippen LogP contribution in [0.3, 0.4) is 0 Å². The van der Waals surface area contributed by atoms with Crippen LogP contribution in [-0.2, 0) is 9.53 Å². The second-order valence-electron chi connectivity index (χ2n) is 7.71. The van der Waals surface area contributed by atoms with E-state index in [1.807, 2.05) is 18.2 Å². The fourth-order valence-corrected chi connectivity index (χ4v) is 4.99. The molecule has 142 valence electrons. The van der Waals surface area contributed by atoms with E-state index in [4.69, 9.17) is 9.47 Å². The molecule has 2 bridgehead atoms. The Hall–Kier alpha value is -2.33. The molecular formula is C23H27NO3. The first kappa shape index (κ1) is 18.1. The Kier molecular flexibility index (Phi) is 4.92. The Morgan fingerprint density at radius 2 is 1.81 bits per heavy atom. The van der Waals surface area contributed by atoms with Crippen molar-refractivity contribution >= 4 is 5.97 Å². The summed E-state index contributed by atoms with van der Waals surface area (Å²) in [5.41, 5.74) is 3.53. The lowest BCUT2D eigenvalue weighted by Gasteiger charge is -2.41. The lowest BCUT2D eigenvalue weighted by Crippen LogP contribution is -2.49. The summed E-state index contributed by atoms with van der Waals surface area (Å²) in [5, 5.41) is 0. The molecule has 0 unspecified atom stereocenters. The molecular weight excluding hydrogens is 338 g/mol. The molecule has 2 aliphatic heterocycles. The summed E-state index contributed by atoms with van der Waals surface area (Å²) < 4.78 is 10.5. The third-order valence-electron chi connectivity index (χ3n) is 6.48. The minimum Gasteiger partial charge on any atom is -0.497 e. The van der Waals surface area contributed by atoms with Crippen molar-refractivity contribution in [1.82, 2.24) is 4.90 Å². The Morgan fingerprint density at radius 1 is 1.04 bits per heavy atom. The maximum atomic E-state index is 12.6. The fourth-order valence-electron chi connectivity index (χ4n) is 4.99. The summed E-state index contributed by atoms with van der Waals surface area (Å²) >= 11 is 0. The molecule has 2 aliphatic rings. The van der Waals surface area contributed by atoms with Crippen molar-refractivity contribution in [2.75, 3.05) is 21.3 Å². The van der Waals surface area contributed by atoms with Crippen molar-refractivity contribution in [3.63, 3.8) is 0 Å². The molecule has 2 saturated heterocycles. The van der Waals surface area contributed by atoms with Gasteiger partial charge < -0.3 is 9.47 Å². The molecule has 2 heterocycles. The highest BCUT2D eigenvalue weighted by atomic mass is 16.5. The molecule has 2 aromatic rings. The second-order valence-corrected chi connectivity index (χ2v) is 7.71. The molecule has 4 nitrogen and oxygen atoms in total. The van der Waals surface area contributed by atoms with E-state index in [9.17, 15) is 4.79 Å². The van der Waals surface area contributed by atoms with Gasteiger partial charge in [0.1, 0.15) is 5.75 Å². The monoisotopic (exact) mass is 365 g/mol. The molecule has 0 amide bonds. The van der Waals surface area contributed by atoms with Crippen LogP contribution in [0.2, 0.25) is 0 Å². The Bertz CT molecular complexity index is 817. The van der Waals surface area contributed by atoms with E-state index in [0.717, 1.165) is 29.7 Å². The van der Waals surface area contributed by atoms with Crippen LogP contribution in [0, 0.1) is 5.92 Å². The number of hydrogen-bond donors (Lipinski definition) is 0. The Morgan fingerprint density at radius 3 is 2.52 bits per heavy atom. The van der Waals surface area contributed by atoms with E-state index in [1.165, 1.54) is 19.1 Å². The molecule has 2 aromatic carbocycles. The number of hydrogen-bond acceptors (Lipinski definition) is 4. The Labute approximate surface area is 161 Å². The average molecular weight is 365 g/mol. The van der Waals surface area contributed by atoms with Crippen molar-refractivity contribution < 1.29 is 14.3 Å². The van der Waals surface area contributed by atoms with E-state index in [-0.39, 0.29) is 17.8 Å². The van der Waals surface area contributed by atoms with Gasteiger partial charge in [0.15, 0.2) is 0 Å². The quantitative estimate of drug-likeness (QED) is 0.765. The highest BCUT2D eigenvalue weighted by Gasteiger charge is 2.49. The third-order valence-corrected chi connectivity index (χ3v) is 6.48. The van der Waals surface area contributed by atoms with Crippen LogP contribution in [0.25, 0.3) is 11.1 Å². The van der Waals surface area contributed by atoms with E-state index >= 15 is 0 Å². The normalized spacial score (nSPS) is 27.4. The van der Waals surface area contributed by atoms with E-state index < -0.39 is 0 Å². The number of benzene rings is 2. The van der Waals surface area contributed by atoms with Crippen LogP contribution >= 0.6 is 0 Å². The van der Waals surface area contributed by atoms with Gasteiger partial charge in [-0.3, -0.25) is 9.69 Å². The van der Waals surface area contributed by atoms with Crippen molar-refractivity contribution in [2.45, 2.75) is 37.3 Å². The SMILES string of the molecule is COC(=O)[C@H]1[C@@H](c2ccc(-c3cccc(OC)c3)cc2)C[C@H]2CC[C@H]1N2C. The van der Waals surface area contributed by atoms with Gasteiger partial charge in [0.2, 0.25) is 0 Å². The van der Waals surface area contributed by atoms with E-state index in [2.05, 4.69) is 42.3 Å². The maximum Gasteiger partial charge on any atom is 0.310 e. The van der Waals surface area contributed by atoms with Crippen molar-refractivity contribution in [3.05, 3.63) is 54.1 Å². The maximum absolute atomic E-state index is 12.6. The minimum absolute atomic E-state index is 0.0749. The number of nitrogens with zero attached hydrogens (tertiary/aromatic N) is 1. The molecule has 4 heteroatoms. The summed E-state index contributed by atoms with van der Waals surface area (Å²) in [5.74, 6) is 0.926. The molecule has 0 aromatic heterocycles. The molecule has 4 atom stereocenters. The number of fused-ring (bicyclic) bond motifs is 2. The second kappa shape index (κ2) is 7.35. The number of ether oxygens (including phenoxy) is 2. The number of carbonyl (C=O) groups is 1. The van der Waals surface area contributed by atoms with Gasteiger partial charge >= 0.3 is 5.97 Å². The summed E-state index contributed by atoms with van der Waals surface area (Å²) in [6.07, 6.45) is 3.28. The summed E-state index contributed by atoms with van der Waals surface area (Å²) in [6, 6.07) is 17.6. The first-order valence-electron chi connectivity index (χ1n) is 9.66. The molecule has 4 rings (SSSR count). The van der Waals surface area contributed by atoms with Crippen molar-refractivity contribution in [3.8, 4) is 16.9 Å². The largest absolute Gasteiger partial charge is 0.497 e. The predicted octanol–water partition coefficient (Wildman–Crippen LogP) is 4.10. The number of methoxy groups -OCH3 is 2. The average Bonchev–Trinajstić information content (AvgIpc) is 2.95. The van der Waals surface area contributed by atoms with E-state index in [0.29, 0.717) is 12.1 Å². The van der Waals surface area contributed by atoms with Crippen LogP contribution in [0.4, 0.5) is 0 Å². The molecule has 2 fully saturated rings. The van der Waals surface area contributed by atoms with Crippen molar-refractivity contribution in [2.24, 2.45) is 5.92 Å². The van der Waals surface area contributed by atoms with Gasteiger partial charge in [0.05, 0.1) is 20.1 Å². The summed E-state index contributed by atoms with van der Waals surface area (Å²) in [6.45, 7) is 0. The van der Waals surface area contributed by atoms with Gasteiger partial charge in [-0.05, 0) is 55.1 Å². The summed E-state index contributed by atoms with van der Waals surface area (Å²) in [7, 11) is 5.34. The number of esters is 1. The van der Waals surface area contributed by atoms with Crippen LogP contribution in [0.15, 0.2) is 48.5 Å². The topological polar surface area (TPSA) is 38.8 Å². The van der Waals surface area contributed by atoms with Gasteiger partial charge in [-0.2, -0.15) is 0 Å². The first-order valence-corrected chi connectivity index (χ1v) is 9.66. The molecule has 0 radical (unpaired) electrons. The number of piperidine rings is 1. The predicted molar refractivity (Wildman–Crippen MR) is 106 cm³/mol. The lowest BCUT2D eigenvalue weighted by atomic mass is 9.76. The zero-order valence-corrected chi connectivity index (χ0v) is 16.2. The fraction of sp³-hybridized carbons (Fsp3) is 0.435. The molecule has 0 saturated carbocycles. The molecule has 0 aliphatic carbocycles. The van der Waals surface area contributed by atoms with Crippen LogP contribution in [0.1, 0.15) is 30.7 Å². The van der Waals surface area contributed by atoms with Gasteiger partial charge in [0.25, 0.3) is 0 Å². The van der Waals surface area contributed by atoms with Gasteiger partial charge in [0, 0.05) is 18.0 Å². The molecule has 0 spiro atoms. The Balaban J connectivity index is 1.63. The zero-order valence-electron chi connectivity index (χ0n) is 16.2. The standard InChI is InChI=1S/C23H27NO3/c1-24-18-11-12-21(24)22(23(25)27-3)20(14-18)16-9-7-15(8-10-16)17-5-4-6-19(13-17)26-2/h4-10,13,18,20-22H,11-12,14H2,1-3H3/t18-,20-,21-,22+/m1/s1. The minimum atomic E-state index is -0.0820. The molecule has 0 N–H and O–H groups in total. The van der Waals surface area contributed by atoms with Gasteiger partial charge in [-0.1, -0.05) is 36.4 Å². The number of carbonyl (C=O) groups excluding carboxylic acids is 1. The highest BCUT2D eigenvalue weighted by Crippen LogP contribution is 2.46. The number of rotatable bonds is 4. The third kappa shape index (κ3) is 3.23. The van der Waals surface area contributed by atoms with Gasteiger partial charge in [-0.15, -0.1) is 0 Å². The zero-order chi connectivity index (χ0) is 19.0. The van der Waals surface area contributed by atoms with Gasteiger partial charge in [-0.25, -0.2) is 0 Å². The highest BCUT2D eigenvalue weighted by molar-refractivity contribution is 5.75. The summed E-state index contributed by atoms with van der Waals surface area (Å²) in [4.78, 5) is 15.0. The lowest BCUT2D eigenvalue weighted by molar-refractivity contribution is -0.150. The van der Waals surface area contributed by atoms with Crippen molar-refractivity contribution in [1.29, 1.82) is 0 Å². The van der Waals surface area contributed by atoms with Crippen LogP contribution in [0.5, 0.6) is 5.75 Å². The first-order chi connectivity index (χ1) is 13.1.